The van der Waals surface area contributed by atoms with E-state index in [-0.39, 0.29) is 5.76 Å². The standard InChI is InChI=1S/C14H11NO4S/c16-12(9-13(17)14(18)19)11-7-4-8-15(11)20-10-5-2-1-3-6-10/h1-9,16H,(H,18,19). The van der Waals surface area contributed by atoms with Crippen LogP contribution in [-0.2, 0) is 9.59 Å². The number of aliphatic hydroxyl groups excluding tert-OH is 1. The highest BCUT2D eigenvalue weighted by atomic mass is 32.2. The quantitative estimate of drug-likeness (QED) is 0.502. The molecule has 2 rings (SSSR count). The summed E-state index contributed by atoms with van der Waals surface area (Å²) >= 11 is 1.34. The molecule has 0 atom stereocenters. The van der Waals surface area contributed by atoms with Gasteiger partial charge in [-0.1, -0.05) is 18.2 Å². The number of rotatable bonds is 5. The highest BCUT2D eigenvalue weighted by Crippen LogP contribution is 2.25. The van der Waals surface area contributed by atoms with Gasteiger partial charge in [-0.2, -0.15) is 0 Å². The van der Waals surface area contributed by atoms with Crippen molar-refractivity contribution >= 4 is 29.5 Å². The molecule has 20 heavy (non-hydrogen) atoms. The van der Waals surface area contributed by atoms with Gasteiger partial charge in [0.1, 0.15) is 5.76 Å². The Morgan fingerprint density at radius 2 is 1.75 bits per heavy atom. The molecular formula is C14H11NO4S. The van der Waals surface area contributed by atoms with Gasteiger partial charge < -0.3 is 10.2 Å². The van der Waals surface area contributed by atoms with Crippen molar-refractivity contribution < 1.29 is 19.8 Å². The number of aromatic nitrogens is 1. The first-order valence-corrected chi connectivity index (χ1v) is 6.44. The Bertz CT molecular complexity index is 661. The van der Waals surface area contributed by atoms with Gasteiger partial charge >= 0.3 is 5.97 Å². The van der Waals surface area contributed by atoms with E-state index in [4.69, 9.17) is 5.11 Å². The summed E-state index contributed by atoms with van der Waals surface area (Å²) in [7, 11) is 0. The normalized spacial score (nSPS) is 11.3. The molecule has 0 aliphatic heterocycles. The number of hydrogen-bond donors (Lipinski definition) is 2. The molecule has 5 nitrogen and oxygen atoms in total. The summed E-state index contributed by atoms with van der Waals surface area (Å²) in [6, 6.07) is 12.8. The lowest BCUT2D eigenvalue weighted by atomic mass is 10.3. The molecule has 0 aliphatic carbocycles. The summed E-state index contributed by atoms with van der Waals surface area (Å²) < 4.78 is 1.65. The summed E-state index contributed by atoms with van der Waals surface area (Å²) in [6.07, 6.45) is 2.40. The van der Waals surface area contributed by atoms with Crippen molar-refractivity contribution in [3.8, 4) is 0 Å². The molecule has 1 heterocycles. The average molecular weight is 289 g/mol. The minimum Gasteiger partial charge on any atom is -0.506 e. The summed E-state index contributed by atoms with van der Waals surface area (Å²) in [5.74, 6) is -3.16. The van der Waals surface area contributed by atoms with E-state index in [1.165, 1.54) is 11.9 Å². The van der Waals surface area contributed by atoms with Gasteiger partial charge in [-0.3, -0.25) is 8.77 Å². The van der Waals surface area contributed by atoms with Crippen LogP contribution < -0.4 is 0 Å². The highest BCUT2D eigenvalue weighted by Gasteiger charge is 2.13. The van der Waals surface area contributed by atoms with Crippen molar-refractivity contribution in [1.29, 1.82) is 0 Å². The summed E-state index contributed by atoms with van der Waals surface area (Å²) in [4.78, 5) is 22.5. The van der Waals surface area contributed by atoms with Crippen molar-refractivity contribution in [2.24, 2.45) is 0 Å². The fourth-order valence-electron chi connectivity index (χ4n) is 1.50. The molecule has 6 heteroatoms. The summed E-state index contributed by atoms with van der Waals surface area (Å²) in [5.41, 5.74) is 0.355. The molecule has 0 aliphatic rings. The largest absolute Gasteiger partial charge is 0.506 e. The number of aliphatic hydroxyl groups is 1. The van der Waals surface area contributed by atoms with E-state index in [1.54, 1.807) is 22.3 Å². The van der Waals surface area contributed by atoms with Crippen LogP contribution in [0.1, 0.15) is 5.69 Å². The van der Waals surface area contributed by atoms with Gasteiger partial charge in [-0.25, -0.2) is 4.79 Å². The van der Waals surface area contributed by atoms with E-state index >= 15 is 0 Å². The summed E-state index contributed by atoms with van der Waals surface area (Å²) in [5, 5.41) is 18.3. The van der Waals surface area contributed by atoms with Crippen molar-refractivity contribution in [2.75, 3.05) is 0 Å². The molecule has 2 N–H and O–H groups in total. The van der Waals surface area contributed by atoms with Crippen molar-refractivity contribution in [3.63, 3.8) is 0 Å². The van der Waals surface area contributed by atoms with Crippen LogP contribution in [0, 0.1) is 0 Å². The minimum atomic E-state index is -1.61. The third-order valence-corrected chi connectivity index (χ3v) is 3.40. The zero-order chi connectivity index (χ0) is 14.5. The van der Waals surface area contributed by atoms with E-state index in [9.17, 15) is 14.7 Å². The highest BCUT2D eigenvalue weighted by molar-refractivity contribution is 7.97. The lowest BCUT2D eigenvalue weighted by Gasteiger charge is -2.07. The van der Waals surface area contributed by atoms with Crippen molar-refractivity contribution in [3.05, 3.63) is 60.4 Å². The molecule has 0 saturated carbocycles. The first-order chi connectivity index (χ1) is 9.58. The van der Waals surface area contributed by atoms with Gasteiger partial charge in [0.15, 0.2) is 0 Å². The second-order valence-corrected chi connectivity index (χ2v) is 4.87. The number of hydrogen-bond acceptors (Lipinski definition) is 4. The Morgan fingerprint density at radius 3 is 2.40 bits per heavy atom. The van der Waals surface area contributed by atoms with Crippen LogP contribution in [0.5, 0.6) is 0 Å². The molecule has 0 unspecified atom stereocenters. The zero-order valence-electron chi connectivity index (χ0n) is 10.3. The molecule has 0 saturated heterocycles. The van der Waals surface area contributed by atoms with Gasteiger partial charge in [-0.15, -0.1) is 0 Å². The SMILES string of the molecule is O=C(O)C(=O)C=C(O)c1cccn1Sc1ccccc1. The van der Waals surface area contributed by atoms with Crippen LogP contribution in [0.25, 0.3) is 5.76 Å². The van der Waals surface area contributed by atoms with Gasteiger partial charge in [0, 0.05) is 17.2 Å². The van der Waals surface area contributed by atoms with Crippen LogP contribution in [0.4, 0.5) is 0 Å². The molecular weight excluding hydrogens is 278 g/mol. The molecule has 1 aromatic heterocycles. The third-order valence-electron chi connectivity index (χ3n) is 2.40. The van der Waals surface area contributed by atoms with E-state index in [2.05, 4.69) is 0 Å². The van der Waals surface area contributed by atoms with Crippen LogP contribution in [0.15, 0.2) is 59.6 Å². The maximum atomic E-state index is 11.1. The van der Waals surface area contributed by atoms with E-state index in [1.807, 2.05) is 30.3 Å². The Kier molecular flexibility index (Phi) is 4.27. The average Bonchev–Trinajstić information content (AvgIpc) is 2.88. The minimum absolute atomic E-state index is 0.355. The van der Waals surface area contributed by atoms with E-state index in [0.717, 1.165) is 4.90 Å². The molecule has 102 valence electrons. The van der Waals surface area contributed by atoms with Crippen LogP contribution in [-0.4, -0.2) is 25.9 Å². The van der Waals surface area contributed by atoms with Gasteiger partial charge in [-0.05, 0) is 36.2 Å². The Morgan fingerprint density at radius 1 is 1.05 bits per heavy atom. The molecule has 0 spiro atoms. The van der Waals surface area contributed by atoms with Crippen LogP contribution >= 0.6 is 11.9 Å². The maximum absolute atomic E-state index is 11.1. The Balaban J connectivity index is 2.25. The lowest BCUT2D eigenvalue weighted by Crippen LogP contribution is -2.10. The monoisotopic (exact) mass is 289 g/mol. The zero-order valence-corrected chi connectivity index (χ0v) is 11.1. The number of ketones is 1. The Labute approximate surface area is 119 Å². The molecule has 0 radical (unpaired) electrons. The number of carboxylic acid groups (broad SMARTS) is 1. The molecule has 1 aromatic carbocycles. The van der Waals surface area contributed by atoms with E-state index in [0.29, 0.717) is 11.8 Å². The fraction of sp³-hybridized carbons (Fsp3) is 0. The Hall–Kier alpha value is -2.47. The summed E-state index contributed by atoms with van der Waals surface area (Å²) in [6.45, 7) is 0. The van der Waals surface area contributed by atoms with Crippen molar-refractivity contribution in [1.82, 2.24) is 3.97 Å². The number of carbonyl (C=O) groups is 2. The smallest absolute Gasteiger partial charge is 0.376 e. The topological polar surface area (TPSA) is 79.5 Å². The second kappa shape index (κ2) is 6.12. The first kappa shape index (κ1) is 14.0. The fourth-order valence-corrected chi connectivity index (χ4v) is 2.39. The number of nitrogens with zero attached hydrogens (tertiary/aromatic N) is 1. The van der Waals surface area contributed by atoms with Gasteiger partial charge in [0.05, 0.1) is 5.69 Å². The molecule has 0 bridgehead atoms. The molecule has 0 amide bonds. The predicted molar refractivity (Wildman–Crippen MR) is 75.4 cm³/mol. The second-order valence-electron chi connectivity index (χ2n) is 3.82. The van der Waals surface area contributed by atoms with E-state index < -0.39 is 11.8 Å². The number of benzene rings is 1. The van der Waals surface area contributed by atoms with Crippen LogP contribution in [0.2, 0.25) is 0 Å². The lowest BCUT2D eigenvalue weighted by molar-refractivity contribution is -0.146. The molecule has 0 fully saturated rings. The van der Waals surface area contributed by atoms with Crippen molar-refractivity contribution in [2.45, 2.75) is 4.90 Å². The van der Waals surface area contributed by atoms with Crippen LogP contribution in [0.3, 0.4) is 0 Å². The number of carbonyl (C=O) groups excluding carboxylic acids is 1. The predicted octanol–water partition coefficient (Wildman–Crippen LogP) is 2.60. The number of aliphatic carboxylic acids is 1. The number of carboxylic acids is 1. The first-order valence-electron chi connectivity index (χ1n) is 5.67. The van der Waals surface area contributed by atoms with Gasteiger partial charge in [0.2, 0.25) is 0 Å². The van der Waals surface area contributed by atoms with Gasteiger partial charge in [0.25, 0.3) is 5.78 Å². The maximum Gasteiger partial charge on any atom is 0.376 e. The third kappa shape index (κ3) is 3.30. The molecule has 2 aromatic rings.